The first-order chi connectivity index (χ1) is 18.0. The van der Waals surface area contributed by atoms with Crippen LogP contribution in [-0.4, -0.2) is 25.0 Å². The van der Waals surface area contributed by atoms with Crippen LogP contribution in [0.25, 0.3) is 0 Å². The van der Waals surface area contributed by atoms with Gasteiger partial charge in [0.25, 0.3) is 0 Å². The van der Waals surface area contributed by atoms with E-state index >= 15 is 0 Å². The Balaban J connectivity index is 1.75. The molecule has 0 bridgehead atoms. The van der Waals surface area contributed by atoms with Crippen molar-refractivity contribution in [3.05, 3.63) is 143 Å². The standard InChI is InChI=1S/C33H33NO3/c1-24-14-13-15-25(2)29(24)22-30(32(36)37-3)34-31(35)23-33(26-16-7-4-8-17-26,27-18-9-5-10-19-27)28-20-11-6-12-21-28/h4-21,30H,22-23H2,1-3H3,(H,34,35)/t30-/m1/s1. The van der Waals surface area contributed by atoms with E-state index in [1.165, 1.54) is 7.11 Å². The molecule has 1 N–H and O–H groups in total. The maximum atomic E-state index is 13.9. The molecule has 4 rings (SSSR count). The fourth-order valence-corrected chi connectivity index (χ4v) is 5.17. The molecule has 0 unspecified atom stereocenters. The second kappa shape index (κ2) is 11.7. The van der Waals surface area contributed by atoms with Gasteiger partial charge in [0, 0.05) is 12.8 Å². The highest BCUT2D eigenvalue weighted by Gasteiger charge is 2.39. The van der Waals surface area contributed by atoms with E-state index in [0.717, 1.165) is 33.4 Å². The van der Waals surface area contributed by atoms with Gasteiger partial charge in [-0.1, -0.05) is 109 Å². The molecule has 0 fully saturated rings. The third kappa shape index (κ3) is 5.64. The minimum atomic E-state index is -0.794. The molecule has 0 aliphatic heterocycles. The molecular weight excluding hydrogens is 458 g/mol. The molecule has 0 heterocycles. The van der Waals surface area contributed by atoms with Crippen LogP contribution in [0.5, 0.6) is 0 Å². The number of aryl methyl sites for hydroxylation is 2. The van der Waals surface area contributed by atoms with Crippen LogP contribution in [0.3, 0.4) is 0 Å². The molecule has 4 aromatic carbocycles. The van der Waals surface area contributed by atoms with Crippen molar-refractivity contribution in [2.24, 2.45) is 0 Å². The lowest BCUT2D eigenvalue weighted by Gasteiger charge is -2.36. The summed E-state index contributed by atoms with van der Waals surface area (Å²) in [6.07, 6.45) is 0.497. The van der Waals surface area contributed by atoms with E-state index in [2.05, 4.69) is 41.7 Å². The topological polar surface area (TPSA) is 55.4 Å². The molecular formula is C33H33NO3. The molecule has 0 aromatic heterocycles. The van der Waals surface area contributed by atoms with E-state index in [9.17, 15) is 9.59 Å². The van der Waals surface area contributed by atoms with Gasteiger partial charge in [0.1, 0.15) is 6.04 Å². The van der Waals surface area contributed by atoms with Crippen LogP contribution in [0.1, 0.15) is 39.8 Å². The van der Waals surface area contributed by atoms with Crippen molar-refractivity contribution in [1.82, 2.24) is 5.32 Å². The largest absolute Gasteiger partial charge is 0.467 e. The Morgan fingerprint density at radius 1 is 0.703 bits per heavy atom. The number of rotatable bonds is 9. The number of amides is 1. The number of esters is 1. The molecule has 4 heteroatoms. The van der Waals surface area contributed by atoms with Crippen molar-refractivity contribution in [3.63, 3.8) is 0 Å². The number of hydrogen-bond donors (Lipinski definition) is 1. The molecule has 0 spiro atoms. The molecule has 0 radical (unpaired) electrons. The minimum Gasteiger partial charge on any atom is -0.467 e. The average molecular weight is 492 g/mol. The van der Waals surface area contributed by atoms with Crippen LogP contribution in [0.15, 0.2) is 109 Å². The maximum Gasteiger partial charge on any atom is 0.328 e. The van der Waals surface area contributed by atoms with Gasteiger partial charge in [-0.3, -0.25) is 4.79 Å². The highest BCUT2D eigenvalue weighted by Crippen LogP contribution is 2.42. The van der Waals surface area contributed by atoms with Crippen LogP contribution in [0.2, 0.25) is 0 Å². The number of nitrogens with one attached hydrogen (secondary N) is 1. The van der Waals surface area contributed by atoms with E-state index in [4.69, 9.17) is 4.74 Å². The van der Waals surface area contributed by atoms with Crippen molar-refractivity contribution >= 4 is 11.9 Å². The summed E-state index contributed by atoms with van der Waals surface area (Å²) in [4.78, 5) is 26.7. The van der Waals surface area contributed by atoms with Crippen LogP contribution >= 0.6 is 0 Å². The summed E-state index contributed by atoms with van der Waals surface area (Å²) in [5.74, 6) is -0.682. The van der Waals surface area contributed by atoms with Crippen molar-refractivity contribution in [1.29, 1.82) is 0 Å². The molecule has 1 atom stereocenters. The lowest BCUT2D eigenvalue weighted by atomic mass is 9.67. The first kappa shape index (κ1) is 25.9. The zero-order valence-electron chi connectivity index (χ0n) is 21.6. The molecule has 0 saturated heterocycles. The molecule has 1 amide bonds. The molecule has 0 aliphatic rings. The summed E-state index contributed by atoms with van der Waals surface area (Å²) in [5, 5.41) is 3.02. The molecule has 0 aliphatic carbocycles. The van der Waals surface area contributed by atoms with Gasteiger partial charge in [0.05, 0.1) is 12.5 Å². The maximum absolute atomic E-state index is 13.9. The number of benzene rings is 4. The van der Waals surface area contributed by atoms with Gasteiger partial charge in [0.15, 0.2) is 0 Å². The Kier molecular flexibility index (Phi) is 8.19. The van der Waals surface area contributed by atoms with Gasteiger partial charge in [-0.05, 0) is 47.2 Å². The van der Waals surface area contributed by atoms with Crippen LogP contribution in [0, 0.1) is 13.8 Å². The zero-order chi connectivity index (χ0) is 26.3. The first-order valence-electron chi connectivity index (χ1n) is 12.5. The van der Waals surface area contributed by atoms with Gasteiger partial charge >= 0.3 is 5.97 Å². The van der Waals surface area contributed by atoms with E-state index in [0.29, 0.717) is 6.42 Å². The predicted molar refractivity (Wildman–Crippen MR) is 147 cm³/mol. The van der Waals surface area contributed by atoms with Gasteiger partial charge in [0.2, 0.25) is 5.91 Å². The van der Waals surface area contributed by atoms with Crippen molar-refractivity contribution in [2.75, 3.05) is 7.11 Å². The third-order valence-corrected chi connectivity index (χ3v) is 7.10. The predicted octanol–water partition coefficient (Wildman–Crippen LogP) is 5.93. The third-order valence-electron chi connectivity index (χ3n) is 7.10. The number of methoxy groups -OCH3 is 1. The molecule has 188 valence electrons. The highest BCUT2D eigenvalue weighted by atomic mass is 16.5. The quantitative estimate of drug-likeness (QED) is 0.233. The molecule has 37 heavy (non-hydrogen) atoms. The van der Waals surface area contributed by atoms with Gasteiger partial charge in [-0.15, -0.1) is 0 Å². The Hall–Kier alpha value is -4.18. The number of hydrogen-bond acceptors (Lipinski definition) is 3. The minimum absolute atomic E-state index is 0.130. The SMILES string of the molecule is COC(=O)[C@@H](Cc1c(C)cccc1C)NC(=O)CC(c1ccccc1)(c1ccccc1)c1ccccc1. The second-order valence-electron chi connectivity index (χ2n) is 9.40. The Morgan fingerprint density at radius 2 is 1.14 bits per heavy atom. The van der Waals surface area contributed by atoms with Gasteiger partial charge in [-0.2, -0.15) is 0 Å². The highest BCUT2D eigenvalue weighted by molar-refractivity contribution is 5.86. The molecule has 0 saturated carbocycles. The number of carbonyl (C=O) groups is 2. The Labute approximate surface area is 219 Å². The molecule has 4 nitrogen and oxygen atoms in total. The van der Waals surface area contributed by atoms with Crippen LogP contribution < -0.4 is 5.32 Å². The fraction of sp³-hybridized carbons (Fsp3) is 0.212. The van der Waals surface area contributed by atoms with Gasteiger partial charge < -0.3 is 10.1 Å². The number of carbonyl (C=O) groups excluding carboxylic acids is 2. The summed E-state index contributed by atoms with van der Waals surface area (Å²) in [5.41, 5.74) is 5.47. The van der Waals surface area contributed by atoms with Crippen molar-refractivity contribution < 1.29 is 14.3 Å². The van der Waals surface area contributed by atoms with E-state index in [-0.39, 0.29) is 12.3 Å². The summed E-state index contributed by atoms with van der Waals surface area (Å²) in [6.45, 7) is 4.04. The van der Waals surface area contributed by atoms with Crippen LogP contribution in [0.4, 0.5) is 0 Å². The summed E-state index contributed by atoms with van der Waals surface area (Å²) < 4.78 is 5.10. The van der Waals surface area contributed by atoms with Crippen molar-refractivity contribution in [3.8, 4) is 0 Å². The van der Waals surface area contributed by atoms with Crippen LogP contribution in [-0.2, 0) is 26.2 Å². The lowest BCUT2D eigenvalue weighted by Crippen LogP contribution is -2.46. The summed E-state index contributed by atoms with van der Waals surface area (Å²) in [7, 11) is 1.36. The lowest BCUT2D eigenvalue weighted by molar-refractivity contribution is -0.145. The first-order valence-corrected chi connectivity index (χ1v) is 12.5. The van der Waals surface area contributed by atoms with E-state index in [1.807, 2.05) is 86.6 Å². The normalized spacial score (nSPS) is 12.0. The summed E-state index contributed by atoms with van der Waals surface area (Å²) in [6, 6.07) is 35.5. The fourth-order valence-electron chi connectivity index (χ4n) is 5.17. The zero-order valence-corrected chi connectivity index (χ0v) is 21.6. The number of ether oxygens (including phenoxy) is 1. The van der Waals surface area contributed by atoms with E-state index < -0.39 is 17.4 Å². The smallest absolute Gasteiger partial charge is 0.328 e. The van der Waals surface area contributed by atoms with Gasteiger partial charge in [-0.25, -0.2) is 4.79 Å². The molecule has 4 aromatic rings. The monoisotopic (exact) mass is 491 g/mol. The summed E-state index contributed by atoms with van der Waals surface area (Å²) >= 11 is 0. The van der Waals surface area contributed by atoms with E-state index in [1.54, 1.807) is 0 Å². The van der Waals surface area contributed by atoms with Crippen molar-refractivity contribution in [2.45, 2.75) is 38.1 Å². The Morgan fingerprint density at radius 3 is 1.54 bits per heavy atom. The second-order valence-corrected chi connectivity index (χ2v) is 9.40. The average Bonchev–Trinajstić information content (AvgIpc) is 2.94. The Bertz CT molecular complexity index is 1220.